The number of allylic oxidation sites excluding steroid dienone is 2. The van der Waals surface area contributed by atoms with Crippen molar-refractivity contribution in [3.05, 3.63) is 41.1 Å². The summed E-state index contributed by atoms with van der Waals surface area (Å²) in [5.41, 5.74) is 7.74. The quantitative estimate of drug-likeness (QED) is 0.0745. The van der Waals surface area contributed by atoms with Gasteiger partial charge in [-0.25, -0.2) is 0 Å². The number of ether oxygens (including phenoxy) is 6. The summed E-state index contributed by atoms with van der Waals surface area (Å²) in [7, 11) is 2.47. The molecule has 3 heterocycles. The Morgan fingerprint density at radius 3 is 2.20 bits per heavy atom. The SMILES string of the molecule is CC1=C2CCC(OC=O)CCCC2C(c2ccc(OCCOCCOCCOCCOCCC(=O)N3CCN(CCN4C(=O)CC(SP)C4=O)CC3)cc2)=NN1. The Hall–Kier alpha value is -3.11. The number of nitrogens with zero attached hydrogens (tertiary/aromatic N) is 4. The Bertz CT molecular complexity index is 1490. The fourth-order valence-corrected chi connectivity index (χ4v) is 8.48. The van der Waals surface area contributed by atoms with Gasteiger partial charge < -0.3 is 33.3 Å². The van der Waals surface area contributed by atoms with E-state index in [4.69, 9.17) is 33.5 Å². The lowest BCUT2D eigenvalue weighted by Gasteiger charge is -2.35. The summed E-state index contributed by atoms with van der Waals surface area (Å²) < 4.78 is 33.5. The van der Waals surface area contributed by atoms with E-state index < -0.39 is 0 Å². The third kappa shape index (κ3) is 13.5. The summed E-state index contributed by atoms with van der Waals surface area (Å²) in [4.78, 5) is 53.3. The first-order chi connectivity index (χ1) is 27.4. The zero-order chi connectivity index (χ0) is 39.5. The van der Waals surface area contributed by atoms with Crippen molar-refractivity contribution in [1.82, 2.24) is 20.1 Å². The normalized spacial score (nSPS) is 22.0. The second-order valence-electron chi connectivity index (χ2n) is 14.1. The minimum Gasteiger partial charge on any atom is -0.491 e. The van der Waals surface area contributed by atoms with Crippen LogP contribution in [0.2, 0.25) is 0 Å². The molecule has 0 aromatic heterocycles. The first-order valence-electron chi connectivity index (χ1n) is 19.7. The molecule has 1 saturated carbocycles. The molecule has 0 radical (unpaired) electrons. The predicted octanol–water partition coefficient (Wildman–Crippen LogP) is 3.02. The molecule has 5 rings (SSSR count). The third-order valence-corrected chi connectivity index (χ3v) is 12.2. The van der Waals surface area contributed by atoms with Crippen molar-refractivity contribution in [2.75, 3.05) is 98.7 Å². The van der Waals surface area contributed by atoms with Gasteiger partial charge >= 0.3 is 0 Å². The number of hydrogen-bond acceptors (Lipinski definition) is 14. The molecular weight excluding hydrogens is 761 g/mol. The van der Waals surface area contributed by atoms with Crippen molar-refractivity contribution >= 4 is 49.7 Å². The average Bonchev–Trinajstić information content (AvgIpc) is 3.48. The number of likely N-dealkylation sites (tertiary alicyclic amines) is 1. The van der Waals surface area contributed by atoms with Gasteiger partial charge in [0, 0.05) is 57.3 Å². The molecule has 4 unspecified atom stereocenters. The van der Waals surface area contributed by atoms with Gasteiger partial charge in [-0.1, -0.05) is 8.44 Å². The van der Waals surface area contributed by atoms with Gasteiger partial charge in [0.2, 0.25) is 17.7 Å². The maximum atomic E-state index is 12.6. The van der Waals surface area contributed by atoms with E-state index in [0.29, 0.717) is 98.5 Å². The molecule has 17 heteroatoms. The molecule has 4 aliphatic rings. The lowest BCUT2D eigenvalue weighted by atomic mass is 9.79. The molecule has 4 atom stereocenters. The van der Waals surface area contributed by atoms with Gasteiger partial charge in [-0.05, 0) is 74.4 Å². The van der Waals surface area contributed by atoms with E-state index in [1.165, 1.54) is 21.9 Å². The number of nitrogens with one attached hydrogen (secondary N) is 1. The number of amides is 3. The minimum atomic E-state index is -0.286. The average molecular weight is 820 g/mol. The van der Waals surface area contributed by atoms with Crippen LogP contribution in [0.1, 0.15) is 57.4 Å². The summed E-state index contributed by atoms with van der Waals surface area (Å²) in [5, 5.41) is 4.43. The van der Waals surface area contributed by atoms with Crippen molar-refractivity contribution < 1.29 is 47.6 Å². The van der Waals surface area contributed by atoms with Gasteiger partial charge in [-0.2, -0.15) is 5.10 Å². The van der Waals surface area contributed by atoms with Gasteiger partial charge in [-0.15, -0.1) is 11.4 Å². The van der Waals surface area contributed by atoms with Crippen molar-refractivity contribution in [1.29, 1.82) is 0 Å². The Morgan fingerprint density at radius 2 is 1.55 bits per heavy atom. The Labute approximate surface area is 336 Å². The highest BCUT2D eigenvalue weighted by atomic mass is 32.7. The Morgan fingerprint density at radius 1 is 0.893 bits per heavy atom. The zero-order valence-corrected chi connectivity index (χ0v) is 34.5. The molecule has 1 aliphatic carbocycles. The lowest BCUT2D eigenvalue weighted by Crippen LogP contribution is -2.50. The molecule has 15 nitrogen and oxygen atoms in total. The van der Waals surface area contributed by atoms with E-state index in [1.807, 2.05) is 17.0 Å². The summed E-state index contributed by atoms with van der Waals surface area (Å²) in [6, 6.07) is 8.03. The van der Waals surface area contributed by atoms with Crippen molar-refractivity contribution in [3.8, 4) is 5.75 Å². The van der Waals surface area contributed by atoms with Crippen molar-refractivity contribution in [2.24, 2.45) is 11.0 Å². The van der Waals surface area contributed by atoms with Gasteiger partial charge in [0.05, 0.1) is 70.2 Å². The first-order valence-corrected chi connectivity index (χ1v) is 22.1. The smallest absolute Gasteiger partial charge is 0.293 e. The Kier molecular flexibility index (Phi) is 18.8. The Balaban J connectivity index is 0.814. The first kappa shape index (κ1) is 44.0. The van der Waals surface area contributed by atoms with E-state index in [-0.39, 0.29) is 41.4 Å². The molecule has 1 N–H and O–H groups in total. The molecule has 310 valence electrons. The van der Waals surface area contributed by atoms with Gasteiger partial charge in [0.25, 0.3) is 6.47 Å². The number of carbonyl (C=O) groups is 4. The molecule has 2 saturated heterocycles. The summed E-state index contributed by atoms with van der Waals surface area (Å²) >= 11 is 1.34. The fraction of sp³-hybridized carbons (Fsp3) is 0.667. The standard InChI is InChI=1S/C39H58N5O10PS/c1-29-33-10-9-31(54-28-45)3-2-4-34(33)38(41-40-29)30-5-7-32(8-6-30)53-26-25-52-24-23-51-22-21-50-20-19-49-18-11-36(46)43-15-12-42(13-16-43)14-17-44-37(47)27-35(56-55)39(44)48/h5-8,28,31,34-35,40H,2-4,9-27,55H2,1H3. The minimum absolute atomic E-state index is 0.0177. The second-order valence-corrected chi connectivity index (χ2v) is 15.8. The number of fused-ring (bicyclic) bond motifs is 1. The van der Waals surface area contributed by atoms with Crippen LogP contribution in [-0.4, -0.2) is 155 Å². The zero-order valence-electron chi connectivity index (χ0n) is 32.5. The maximum absolute atomic E-state index is 12.6. The maximum Gasteiger partial charge on any atom is 0.293 e. The van der Waals surface area contributed by atoms with Crippen LogP contribution in [0.3, 0.4) is 0 Å². The summed E-state index contributed by atoms with van der Waals surface area (Å²) in [5.74, 6) is 0.881. The van der Waals surface area contributed by atoms with Crippen LogP contribution in [0.15, 0.2) is 40.6 Å². The van der Waals surface area contributed by atoms with Crippen LogP contribution in [0.4, 0.5) is 0 Å². The van der Waals surface area contributed by atoms with E-state index in [9.17, 15) is 19.2 Å². The van der Waals surface area contributed by atoms with Crippen LogP contribution in [0, 0.1) is 5.92 Å². The van der Waals surface area contributed by atoms with Gasteiger partial charge in [0.1, 0.15) is 18.5 Å². The van der Waals surface area contributed by atoms with E-state index in [2.05, 4.69) is 37.8 Å². The van der Waals surface area contributed by atoms with Crippen LogP contribution in [0.5, 0.6) is 5.75 Å². The van der Waals surface area contributed by atoms with E-state index >= 15 is 0 Å². The molecule has 0 spiro atoms. The van der Waals surface area contributed by atoms with Crippen molar-refractivity contribution in [2.45, 2.75) is 63.2 Å². The predicted molar refractivity (Wildman–Crippen MR) is 215 cm³/mol. The number of piperazine rings is 1. The fourth-order valence-electron chi connectivity index (χ4n) is 7.36. The van der Waals surface area contributed by atoms with Crippen molar-refractivity contribution in [3.63, 3.8) is 0 Å². The molecule has 0 bridgehead atoms. The van der Waals surface area contributed by atoms with Crippen LogP contribution in [0.25, 0.3) is 0 Å². The number of imide groups is 1. The molecular formula is C39H58N5O10PS. The summed E-state index contributed by atoms with van der Waals surface area (Å²) in [6.45, 7) is 10.2. The third-order valence-electron chi connectivity index (χ3n) is 10.5. The van der Waals surface area contributed by atoms with Gasteiger partial charge in [0.15, 0.2) is 0 Å². The van der Waals surface area contributed by atoms with Crippen LogP contribution in [-0.2, 0) is 42.9 Å². The highest BCUT2D eigenvalue weighted by Gasteiger charge is 2.38. The largest absolute Gasteiger partial charge is 0.491 e. The molecule has 56 heavy (non-hydrogen) atoms. The van der Waals surface area contributed by atoms with Gasteiger partial charge in [-0.3, -0.25) is 34.4 Å². The van der Waals surface area contributed by atoms with Crippen LogP contribution >= 0.6 is 19.8 Å². The number of rotatable bonds is 23. The highest BCUT2D eigenvalue weighted by Crippen LogP contribution is 2.35. The molecule has 3 amide bonds. The monoisotopic (exact) mass is 819 g/mol. The topological polar surface area (TPSA) is 158 Å². The highest BCUT2D eigenvalue weighted by molar-refractivity contribution is 8.44. The second kappa shape index (κ2) is 24.0. The number of hydrazone groups is 1. The van der Waals surface area contributed by atoms with Crippen LogP contribution < -0.4 is 10.2 Å². The lowest BCUT2D eigenvalue weighted by molar-refractivity contribution is -0.138. The number of carbonyl (C=O) groups excluding carboxylic acids is 4. The molecule has 3 fully saturated rings. The summed E-state index contributed by atoms with van der Waals surface area (Å²) in [6.07, 6.45) is 5.10. The van der Waals surface area contributed by atoms with E-state index in [0.717, 1.165) is 67.9 Å². The number of benzene rings is 1. The molecule has 1 aromatic rings. The molecule has 1 aromatic carbocycles. The number of hydrogen-bond donors (Lipinski definition) is 1. The van der Waals surface area contributed by atoms with E-state index in [1.54, 1.807) is 0 Å². The molecule has 3 aliphatic heterocycles.